The second kappa shape index (κ2) is 5.75. The van der Waals surface area contributed by atoms with E-state index in [1.165, 1.54) is 0 Å². The molecule has 0 radical (unpaired) electrons. The molecule has 7 nitrogen and oxygen atoms in total. The van der Waals surface area contributed by atoms with Gasteiger partial charge >= 0.3 is 0 Å². The number of aromatic nitrogens is 2. The van der Waals surface area contributed by atoms with Crippen molar-refractivity contribution < 1.29 is 14.3 Å². The second-order valence-electron chi connectivity index (χ2n) is 5.59. The van der Waals surface area contributed by atoms with E-state index in [1.807, 2.05) is 20.2 Å². The molecule has 120 valence electrons. The minimum atomic E-state index is -0.195. The molecule has 0 spiro atoms. The number of anilines is 1. The second-order valence-corrected chi connectivity index (χ2v) is 5.59. The Labute approximate surface area is 133 Å². The van der Waals surface area contributed by atoms with E-state index in [2.05, 4.69) is 10.4 Å². The summed E-state index contributed by atoms with van der Waals surface area (Å²) in [5, 5.41) is 6.84. The molecule has 1 aliphatic heterocycles. The zero-order chi connectivity index (χ0) is 16.6. The predicted molar refractivity (Wildman–Crippen MR) is 84.3 cm³/mol. The van der Waals surface area contributed by atoms with Gasteiger partial charge in [-0.25, -0.2) is 0 Å². The van der Waals surface area contributed by atoms with Crippen LogP contribution in [-0.4, -0.2) is 40.1 Å². The number of nitrogens with one attached hydrogen (secondary N) is 1. The summed E-state index contributed by atoms with van der Waals surface area (Å²) in [5.41, 5.74) is 2.06. The molecule has 1 aromatic heterocycles. The van der Waals surface area contributed by atoms with Gasteiger partial charge in [-0.3, -0.25) is 14.3 Å². The van der Waals surface area contributed by atoms with E-state index in [-0.39, 0.29) is 24.5 Å². The van der Waals surface area contributed by atoms with E-state index >= 15 is 0 Å². The van der Waals surface area contributed by atoms with Gasteiger partial charge in [-0.1, -0.05) is 0 Å². The molecule has 2 amide bonds. The first-order valence-corrected chi connectivity index (χ1v) is 7.28. The van der Waals surface area contributed by atoms with Crippen molar-refractivity contribution in [1.82, 2.24) is 14.7 Å². The lowest BCUT2D eigenvalue weighted by Gasteiger charge is -2.25. The molecule has 0 bridgehead atoms. The highest BCUT2D eigenvalue weighted by Crippen LogP contribution is 2.29. The summed E-state index contributed by atoms with van der Waals surface area (Å²) in [6.07, 6.45) is 3.64. The Morgan fingerprint density at radius 2 is 2.26 bits per heavy atom. The van der Waals surface area contributed by atoms with Crippen LogP contribution in [-0.2, 0) is 11.8 Å². The van der Waals surface area contributed by atoms with Gasteiger partial charge in [0.25, 0.3) is 11.8 Å². The zero-order valence-corrected chi connectivity index (χ0v) is 13.2. The summed E-state index contributed by atoms with van der Waals surface area (Å²) in [5.74, 6) is 0.196. The average molecular weight is 314 g/mol. The molecule has 2 heterocycles. The lowest BCUT2D eigenvalue weighted by molar-refractivity contribution is -0.118. The van der Waals surface area contributed by atoms with Gasteiger partial charge in [0.15, 0.2) is 6.61 Å². The number of amides is 2. The number of hydrogen-bond donors (Lipinski definition) is 1. The fourth-order valence-electron chi connectivity index (χ4n) is 2.47. The largest absolute Gasteiger partial charge is 0.482 e. The monoisotopic (exact) mass is 314 g/mol. The predicted octanol–water partition coefficient (Wildman–Crippen LogP) is 1.58. The van der Waals surface area contributed by atoms with Crippen LogP contribution >= 0.6 is 0 Å². The molecule has 1 aliphatic rings. The molecule has 0 fully saturated rings. The Kier molecular flexibility index (Phi) is 3.77. The third kappa shape index (κ3) is 2.90. The fourth-order valence-corrected chi connectivity index (χ4v) is 2.47. The van der Waals surface area contributed by atoms with E-state index in [0.717, 1.165) is 5.56 Å². The van der Waals surface area contributed by atoms with Crippen LogP contribution in [0.5, 0.6) is 5.75 Å². The van der Waals surface area contributed by atoms with Gasteiger partial charge in [0.1, 0.15) is 5.75 Å². The molecule has 7 heteroatoms. The van der Waals surface area contributed by atoms with E-state index in [4.69, 9.17) is 4.74 Å². The Morgan fingerprint density at radius 1 is 1.48 bits per heavy atom. The van der Waals surface area contributed by atoms with Gasteiger partial charge < -0.3 is 15.0 Å². The smallest absolute Gasteiger partial charge is 0.262 e. The highest BCUT2D eigenvalue weighted by molar-refractivity contribution is 5.99. The van der Waals surface area contributed by atoms with E-state index in [1.54, 1.807) is 41.0 Å². The van der Waals surface area contributed by atoms with Crippen molar-refractivity contribution in [3.63, 3.8) is 0 Å². The quantitative estimate of drug-likeness (QED) is 0.933. The highest BCUT2D eigenvalue weighted by atomic mass is 16.5. The van der Waals surface area contributed by atoms with Crippen molar-refractivity contribution in [2.75, 3.05) is 19.0 Å². The van der Waals surface area contributed by atoms with Crippen LogP contribution in [0.4, 0.5) is 5.69 Å². The standard InChI is InChI=1S/C16H18N4O3/c1-10(12-7-17-19(2)8-12)20(3)16(22)11-4-5-13-14(6-11)23-9-15(21)18-13/h4-8,10H,9H2,1-3H3,(H,18,21). The van der Waals surface area contributed by atoms with Gasteiger partial charge in [0, 0.05) is 31.4 Å². The summed E-state index contributed by atoms with van der Waals surface area (Å²) in [7, 11) is 3.59. The van der Waals surface area contributed by atoms with Crippen molar-refractivity contribution in [3.8, 4) is 5.75 Å². The summed E-state index contributed by atoms with van der Waals surface area (Å²) < 4.78 is 7.07. The van der Waals surface area contributed by atoms with Gasteiger partial charge in [-0.05, 0) is 25.1 Å². The first-order chi connectivity index (χ1) is 11.0. The van der Waals surface area contributed by atoms with Gasteiger partial charge in [0.2, 0.25) is 0 Å². The fraction of sp³-hybridized carbons (Fsp3) is 0.312. The van der Waals surface area contributed by atoms with Crippen LogP contribution in [0.2, 0.25) is 0 Å². The molecule has 1 unspecified atom stereocenters. The minimum Gasteiger partial charge on any atom is -0.482 e. The molecule has 0 aliphatic carbocycles. The van der Waals surface area contributed by atoms with Gasteiger partial charge in [-0.15, -0.1) is 0 Å². The molecule has 0 saturated heterocycles. The molecule has 2 aromatic rings. The number of nitrogens with zero attached hydrogens (tertiary/aromatic N) is 3. The van der Waals surface area contributed by atoms with Crippen molar-refractivity contribution in [1.29, 1.82) is 0 Å². The summed E-state index contributed by atoms with van der Waals surface area (Å²) in [4.78, 5) is 25.6. The van der Waals surface area contributed by atoms with Crippen molar-refractivity contribution in [3.05, 3.63) is 41.7 Å². The Morgan fingerprint density at radius 3 is 2.96 bits per heavy atom. The topological polar surface area (TPSA) is 76.5 Å². The molecule has 1 aromatic carbocycles. The number of fused-ring (bicyclic) bond motifs is 1. The van der Waals surface area contributed by atoms with Gasteiger partial charge in [0.05, 0.1) is 17.9 Å². The highest BCUT2D eigenvalue weighted by Gasteiger charge is 2.22. The molecule has 23 heavy (non-hydrogen) atoms. The maximum absolute atomic E-state index is 12.7. The molecule has 1 N–H and O–H groups in total. The summed E-state index contributed by atoms with van der Waals surface area (Å²) in [6.45, 7) is 1.91. The van der Waals surface area contributed by atoms with Crippen LogP contribution in [0.1, 0.15) is 28.9 Å². The van der Waals surface area contributed by atoms with Crippen LogP contribution in [0.15, 0.2) is 30.6 Å². The summed E-state index contributed by atoms with van der Waals surface area (Å²) >= 11 is 0. The van der Waals surface area contributed by atoms with Crippen LogP contribution in [0, 0.1) is 0 Å². The average Bonchev–Trinajstić information content (AvgIpc) is 2.98. The number of aryl methyl sites for hydroxylation is 1. The molecular formula is C16H18N4O3. The van der Waals surface area contributed by atoms with E-state index < -0.39 is 0 Å². The molecular weight excluding hydrogens is 296 g/mol. The molecule has 1 atom stereocenters. The maximum atomic E-state index is 12.7. The van der Waals surface area contributed by atoms with Crippen LogP contribution in [0.25, 0.3) is 0 Å². The van der Waals surface area contributed by atoms with E-state index in [0.29, 0.717) is 17.0 Å². The Bertz CT molecular complexity index is 768. The number of ether oxygens (including phenoxy) is 1. The Hall–Kier alpha value is -2.83. The lowest BCUT2D eigenvalue weighted by atomic mass is 10.1. The van der Waals surface area contributed by atoms with Crippen molar-refractivity contribution in [2.24, 2.45) is 7.05 Å². The molecule has 0 saturated carbocycles. The number of hydrogen-bond acceptors (Lipinski definition) is 4. The first kappa shape index (κ1) is 15.1. The number of carbonyl (C=O) groups is 2. The van der Waals surface area contributed by atoms with Crippen LogP contribution < -0.4 is 10.1 Å². The van der Waals surface area contributed by atoms with Crippen LogP contribution in [0.3, 0.4) is 0 Å². The van der Waals surface area contributed by atoms with Crippen molar-refractivity contribution >= 4 is 17.5 Å². The summed E-state index contributed by atoms with van der Waals surface area (Å²) in [6, 6.07) is 4.92. The zero-order valence-electron chi connectivity index (χ0n) is 13.2. The third-order valence-electron chi connectivity index (χ3n) is 3.97. The lowest BCUT2D eigenvalue weighted by Crippen LogP contribution is -2.30. The SMILES string of the molecule is CC(c1cnn(C)c1)N(C)C(=O)c1ccc2c(c1)OCC(=O)N2. The number of benzene rings is 1. The minimum absolute atomic E-state index is 0.0351. The number of rotatable bonds is 3. The maximum Gasteiger partial charge on any atom is 0.262 e. The molecule has 3 rings (SSSR count). The number of carbonyl (C=O) groups excluding carboxylic acids is 2. The normalized spacial score (nSPS) is 14.5. The first-order valence-electron chi connectivity index (χ1n) is 7.28. The van der Waals surface area contributed by atoms with E-state index in [9.17, 15) is 9.59 Å². The van der Waals surface area contributed by atoms with Gasteiger partial charge in [-0.2, -0.15) is 5.10 Å². The Balaban J connectivity index is 1.81. The van der Waals surface area contributed by atoms with Crippen molar-refractivity contribution in [2.45, 2.75) is 13.0 Å². The third-order valence-corrected chi connectivity index (χ3v) is 3.97.